The van der Waals surface area contributed by atoms with E-state index in [2.05, 4.69) is 0 Å². The van der Waals surface area contributed by atoms with Gasteiger partial charge in [-0.15, -0.1) is 0 Å². The van der Waals surface area contributed by atoms with E-state index in [-0.39, 0.29) is 22.7 Å². The molecule has 2 atom stereocenters. The maximum absolute atomic E-state index is 13.1. The first-order chi connectivity index (χ1) is 10.7. The molecule has 7 nitrogen and oxygen atoms in total. The predicted octanol–water partition coefficient (Wildman–Crippen LogP) is 2.10. The van der Waals surface area contributed by atoms with Crippen LogP contribution < -0.4 is 5.73 Å². The van der Waals surface area contributed by atoms with E-state index in [0.717, 1.165) is 18.9 Å². The van der Waals surface area contributed by atoms with Crippen LogP contribution in [0.2, 0.25) is 0 Å². The van der Waals surface area contributed by atoms with Crippen LogP contribution in [0.25, 0.3) is 0 Å². The van der Waals surface area contributed by atoms with Crippen molar-refractivity contribution in [2.75, 3.05) is 6.54 Å². The van der Waals surface area contributed by atoms with Crippen molar-refractivity contribution in [3.05, 3.63) is 33.4 Å². The minimum absolute atomic E-state index is 0.0109. The van der Waals surface area contributed by atoms with Gasteiger partial charge < -0.3 is 5.73 Å². The quantitative estimate of drug-likeness (QED) is 0.666. The lowest BCUT2D eigenvalue weighted by Crippen LogP contribution is -2.51. The fourth-order valence-corrected chi connectivity index (χ4v) is 5.16. The second kappa shape index (κ2) is 6.54. The zero-order valence-electron chi connectivity index (χ0n) is 13.7. The van der Waals surface area contributed by atoms with Crippen molar-refractivity contribution in [3.8, 4) is 0 Å². The van der Waals surface area contributed by atoms with Gasteiger partial charge in [0.15, 0.2) is 0 Å². The molecule has 2 N–H and O–H groups in total. The van der Waals surface area contributed by atoms with Crippen LogP contribution in [0.4, 0.5) is 5.69 Å². The molecule has 0 aromatic heterocycles. The highest BCUT2D eigenvalue weighted by molar-refractivity contribution is 7.89. The summed E-state index contributed by atoms with van der Waals surface area (Å²) in [6, 6.07) is 2.00. The fraction of sp³-hybridized carbons (Fsp3) is 0.600. The molecule has 1 saturated heterocycles. The number of hydrogen-bond donors (Lipinski definition) is 1. The minimum atomic E-state index is -3.82. The number of hydrogen-bond acceptors (Lipinski definition) is 5. The molecule has 1 heterocycles. The summed E-state index contributed by atoms with van der Waals surface area (Å²) < 4.78 is 27.6. The Kier molecular flexibility index (Phi) is 5.07. The lowest BCUT2D eigenvalue weighted by Gasteiger charge is -2.37. The molecule has 1 aromatic carbocycles. The SMILES string of the molecule is Cc1cc([N+](=O)[O-])cc(S(=O)(=O)N2CCCCC2C(C)N)c1C. The number of rotatable bonds is 4. The van der Waals surface area contributed by atoms with E-state index in [1.807, 2.05) is 0 Å². The van der Waals surface area contributed by atoms with Crippen LogP contribution in [-0.2, 0) is 10.0 Å². The van der Waals surface area contributed by atoms with Crippen molar-refractivity contribution < 1.29 is 13.3 Å². The summed E-state index contributed by atoms with van der Waals surface area (Å²) in [5.41, 5.74) is 6.89. The molecule has 128 valence electrons. The van der Waals surface area contributed by atoms with Gasteiger partial charge in [-0.3, -0.25) is 10.1 Å². The molecule has 1 aliphatic rings. The van der Waals surface area contributed by atoms with E-state index in [1.54, 1.807) is 20.8 Å². The van der Waals surface area contributed by atoms with Crippen LogP contribution in [0.15, 0.2) is 17.0 Å². The van der Waals surface area contributed by atoms with Crippen molar-refractivity contribution in [1.82, 2.24) is 4.31 Å². The second-order valence-corrected chi connectivity index (χ2v) is 8.04. The average Bonchev–Trinajstić information content (AvgIpc) is 2.49. The van der Waals surface area contributed by atoms with Crippen LogP contribution in [-0.4, -0.2) is 36.3 Å². The number of aryl methyl sites for hydroxylation is 1. The predicted molar refractivity (Wildman–Crippen MR) is 87.8 cm³/mol. The zero-order valence-corrected chi connectivity index (χ0v) is 14.5. The normalized spacial score (nSPS) is 21.1. The number of piperidine rings is 1. The number of benzene rings is 1. The molecule has 0 amide bonds. The lowest BCUT2D eigenvalue weighted by molar-refractivity contribution is -0.385. The maximum atomic E-state index is 13.1. The third-order valence-electron chi connectivity index (χ3n) is 4.51. The monoisotopic (exact) mass is 341 g/mol. The first kappa shape index (κ1) is 17.8. The van der Waals surface area contributed by atoms with Gasteiger partial charge in [0.05, 0.1) is 9.82 Å². The second-order valence-electron chi connectivity index (χ2n) is 6.18. The summed E-state index contributed by atoms with van der Waals surface area (Å²) in [5.74, 6) is 0. The van der Waals surface area contributed by atoms with E-state index in [9.17, 15) is 18.5 Å². The number of nitro groups is 1. The maximum Gasteiger partial charge on any atom is 0.271 e. The van der Waals surface area contributed by atoms with Gasteiger partial charge in [0.25, 0.3) is 5.69 Å². The van der Waals surface area contributed by atoms with Gasteiger partial charge in [-0.1, -0.05) is 6.42 Å². The average molecular weight is 341 g/mol. The molecule has 1 aromatic rings. The molecule has 1 fully saturated rings. The first-order valence-electron chi connectivity index (χ1n) is 7.69. The zero-order chi connectivity index (χ0) is 17.4. The standard InChI is InChI=1S/C15H23N3O4S/c1-10-8-13(18(19)20)9-15(11(10)2)23(21,22)17-7-5-4-6-14(17)12(3)16/h8-9,12,14H,4-7,16H2,1-3H3. The molecule has 2 rings (SSSR count). The summed E-state index contributed by atoms with van der Waals surface area (Å²) in [7, 11) is -3.82. The molecule has 0 bridgehead atoms. The fourth-order valence-electron chi connectivity index (χ4n) is 3.06. The van der Waals surface area contributed by atoms with Crippen molar-refractivity contribution >= 4 is 15.7 Å². The van der Waals surface area contributed by atoms with E-state index in [4.69, 9.17) is 5.73 Å². The molecular weight excluding hydrogens is 318 g/mol. The van der Waals surface area contributed by atoms with Crippen molar-refractivity contribution in [1.29, 1.82) is 0 Å². The number of nitro benzene ring substituents is 1. The summed E-state index contributed by atoms with van der Waals surface area (Å²) in [6.45, 7) is 5.55. The van der Waals surface area contributed by atoms with Gasteiger partial charge in [-0.2, -0.15) is 4.31 Å². The molecule has 8 heteroatoms. The van der Waals surface area contributed by atoms with Gasteiger partial charge >= 0.3 is 0 Å². The molecule has 1 aliphatic heterocycles. The number of sulfonamides is 1. The van der Waals surface area contributed by atoms with E-state index in [0.29, 0.717) is 24.1 Å². The third kappa shape index (κ3) is 3.39. The Labute approximate surface area is 136 Å². The van der Waals surface area contributed by atoms with Crippen LogP contribution in [0.5, 0.6) is 0 Å². The first-order valence-corrected chi connectivity index (χ1v) is 9.13. The minimum Gasteiger partial charge on any atom is -0.326 e. The Hall–Kier alpha value is -1.51. The van der Waals surface area contributed by atoms with Crippen molar-refractivity contribution in [3.63, 3.8) is 0 Å². The Morgan fingerprint density at radius 1 is 1.35 bits per heavy atom. The highest BCUT2D eigenvalue weighted by Gasteiger charge is 2.37. The Bertz CT molecular complexity index is 716. The molecule has 0 spiro atoms. The van der Waals surface area contributed by atoms with Crippen LogP contribution in [0, 0.1) is 24.0 Å². The summed E-state index contributed by atoms with van der Waals surface area (Å²) in [4.78, 5) is 10.5. The van der Waals surface area contributed by atoms with Gasteiger partial charge in [0.1, 0.15) is 0 Å². The number of nitrogens with two attached hydrogens (primary N) is 1. The highest BCUT2D eigenvalue weighted by atomic mass is 32.2. The van der Waals surface area contributed by atoms with Crippen LogP contribution in [0.1, 0.15) is 37.3 Å². The summed E-state index contributed by atoms with van der Waals surface area (Å²) in [5, 5.41) is 11.1. The largest absolute Gasteiger partial charge is 0.326 e. The van der Waals surface area contributed by atoms with E-state index < -0.39 is 14.9 Å². The number of non-ortho nitro benzene ring substituents is 1. The van der Waals surface area contributed by atoms with Gasteiger partial charge in [-0.05, 0) is 44.7 Å². The highest BCUT2D eigenvalue weighted by Crippen LogP contribution is 2.31. The molecular formula is C15H23N3O4S. The summed E-state index contributed by atoms with van der Waals surface area (Å²) in [6.07, 6.45) is 2.42. The topological polar surface area (TPSA) is 107 Å². The number of nitrogens with zero attached hydrogens (tertiary/aromatic N) is 2. The molecule has 0 saturated carbocycles. The molecule has 2 unspecified atom stereocenters. The molecule has 0 aliphatic carbocycles. The van der Waals surface area contributed by atoms with E-state index >= 15 is 0 Å². The Balaban J connectivity index is 2.56. The van der Waals surface area contributed by atoms with E-state index in [1.165, 1.54) is 10.4 Å². The van der Waals surface area contributed by atoms with Crippen LogP contribution >= 0.6 is 0 Å². The van der Waals surface area contributed by atoms with Gasteiger partial charge in [-0.25, -0.2) is 8.42 Å². The molecule has 0 radical (unpaired) electrons. The van der Waals surface area contributed by atoms with Crippen molar-refractivity contribution in [2.24, 2.45) is 5.73 Å². The summed E-state index contributed by atoms with van der Waals surface area (Å²) >= 11 is 0. The van der Waals surface area contributed by atoms with Gasteiger partial charge in [0, 0.05) is 30.8 Å². The lowest BCUT2D eigenvalue weighted by atomic mass is 10.00. The Morgan fingerprint density at radius 3 is 2.57 bits per heavy atom. The smallest absolute Gasteiger partial charge is 0.271 e. The van der Waals surface area contributed by atoms with Crippen molar-refractivity contribution in [2.45, 2.75) is 57.0 Å². The third-order valence-corrected chi connectivity index (χ3v) is 6.56. The molecule has 23 heavy (non-hydrogen) atoms. The van der Waals surface area contributed by atoms with Crippen LogP contribution in [0.3, 0.4) is 0 Å². The van der Waals surface area contributed by atoms with Gasteiger partial charge in [0.2, 0.25) is 10.0 Å². The Morgan fingerprint density at radius 2 is 2.00 bits per heavy atom.